The van der Waals surface area contributed by atoms with Crippen LogP contribution >= 0.6 is 11.6 Å². The summed E-state index contributed by atoms with van der Waals surface area (Å²) < 4.78 is 5.39. The van der Waals surface area contributed by atoms with E-state index in [9.17, 15) is 14.4 Å². The summed E-state index contributed by atoms with van der Waals surface area (Å²) in [5.41, 5.74) is 0.541. The summed E-state index contributed by atoms with van der Waals surface area (Å²) >= 11 is 6.15. The maximum absolute atomic E-state index is 13.6. The van der Waals surface area contributed by atoms with Crippen LogP contribution in [-0.4, -0.2) is 66.5 Å². The van der Waals surface area contributed by atoms with Crippen LogP contribution in [0.15, 0.2) is 18.2 Å². The number of carbonyl (C=O) groups is 3. The van der Waals surface area contributed by atoms with Gasteiger partial charge in [0.15, 0.2) is 0 Å². The second kappa shape index (κ2) is 12.6. The Morgan fingerprint density at radius 2 is 1.95 bits per heavy atom. The topological polar surface area (TPSA) is 91.0 Å². The lowest BCUT2D eigenvalue weighted by molar-refractivity contribution is -0.141. The van der Waals surface area contributed by atoms with Crippen molar-refractivity contribution in [2.24, 2.45) is 23.7 Å². The van der Waals surface area contributed by atoms with Crippen molar-refractivity contribution >= 4 is 35.1 Å². The van der Waals surface area contributed by atoms with Crippen LogP contribution in [0.2, 0.25) is 5.02 Å². The van der Waals surface area contributed by atoms with Crippen LogP contribution in [0.25, 0.3) is 0 Å². The van der Waals surface area contributed by atoms with E-state index in [1.165, 1.54) is 0 Å². The molecular weight excluding hydrogens is 504 g/mol. The molecule has 0 saturated carbocycles. The summed E-state index contributed by atoms with van der Waals surface area (Å²) in [5.74, 6) is 1.92. The Bertz CT molecular complexity index is 1020. The first-order chi connectivity index (χ1) is 18.1. The highest BCUT2D eigenvalue weighted by Crippen LogP contribution is 2.37. The van der Waals surface area contributed by atoms with Gasteiger partial charge in [-0.1, -0.05) is 32.4 Å². The zero-order chi connectivity index (χ0) is 27.4. The van der Waals surface area contributed by atoms with Crippen molar-refractivity contribution < 1.29 is 19.1 Å². The van der Waals surface area contributed by atoms with Crippen LogP contribution in [0.3, 0.4) is 0 Å². The number of halogens is 1. The van der Waals surface area contributed by atoms with Gasteiger partial charge < -0.3 is 25.2 Å². The molecule has 1 aromatic rings. The van der Waals surface area contributed by atoms with Gasteiger partial charge in [0.1, 0.15) is 5.75 Å². The average Bonchev–Trinajstić information content (AvgIpc) is 2.87. The molecule has 3 aliphatic heterocycles. The van der Waals surface area contributed by atoms with E-state index in [0.29, 0.717) is 54.9 Å². The summed E-state index contributed by atoms with van der Waals surface area (Å²) in [6.07, 6.45) is 5.31. The predicted octanol–water partition coefficient (Wildman–Crippen LogP) is 5.16. The molecule has 0 unspecified atom stereocenters. The molecule has 5 atom stereocenters. The largest absolute Gasteiger partial charge is 0.495 e. The van der Waals surface area contributed by atoms with E-state index in [2.05, 4.69) is 36.3 Å². The standard InChI is InChI=1S/C29H43ClN4O4/c1-18(2)23-10-8-19(3)12-28(36)34-16-20-13-21(25(34)6-5-7-27(35)31-23)17-33(15-20)29(37)32-24-14-22(30)9-11-26(24)38-4/h9,11,14,18-21,23,25H,5-8,10,12-13,15-17H2,1-4H3,(H,31,35)(H,32,37)/t19-,20+,21+,23+,25+/m1/s1. The van der Waals surface area contributed by atoms with Crippen molar-refractivity contribution in [1.29, 1.82) is 0 Å². The molecule has 3 heterocycles. The second-order valence-corrected chi connectivity index (χ2v) is 12.3. The summed E-state index contributed by atoms with van der Waals surface area (Å²) in [4.78, 5) is 43.6. The third kappa shape index (κ3) is 6.93. The maximum atomic E-state index is 13.6. The molecular formula is C29H43ClN4O4. The van der Waals surface area contributed by atoms with Crippen molar-refractivity contribution in [2.75, 3.05) is 32.1 Å². The van der Waals surface area contributed by atoms with Crippen LogP contribution < -0.4 is 15.4 Å². The number of methoxy groups -OCH3 is 1. The van der Waals surface area contributed by atoms with E-state index >= 15 is 0 Å². The van der Waals surface area contributed by atoms with Gasteiger partial charge in [0.05, 0.1) is 12.8 Å². The molecule has 0 aromatic heterocycles. The van der Waals surface area contributed by atoms with Crippen LogP contribution in [0, 0.1) is 23.7 Å². The third-order valence-electron chi connectivity index (χ3n) is 8.53. The SMILES string of the molecule is COc1ccc(Cl)cc1NC(=O)N1C[C@@H]2C[C@@H](C1)[C@@H]1CCCC(=O)N[C@H](C(C)C)CC[C@@H](C)CC(=O)N1C2. The van der Waals surface area contributed by atoms with Gasteiger partial charge in [-0.25, -0.2) is 4.79 Å². The van der Waals surface area contributed by atoms with E-state index in [1.807, 2.05) is 4.90 Å². The minimum atomic E-state index is -0.183. The fourth-order valence-corrected chi connectivity index (χ4v) is 6.62. The first kappa shape index (κ1) is 28.5. The number of fused-ring (bicyclic) bond motifs is 4. The normalized spacial score (nSPS) is 28.9. The van der Waals surface area contributed by atoms with Gasteiger partial charge in [0, 0.05) is 49.6 Å². The summed E-state index contributed by atoms with van der Waals surface area (Å²) in [6, 6.07) is 5.15. The molecule has 8 nitrogen and oxygen atoms in total. The number of ether oxygens (including phenoxy) is 1. The average molecular weight is 547 g/mol. The first-order valence-corrected chi connectivity index (χ1v) is 14.5. The zero-order valence-corrected chi connectivity index (χ0v) is 23.9. The highest BCUT2D eigenvalue weighted by atomic mass is 35.5. The summed E-state index contributed by atoms with van der Waals surface area (Å²) in [6.45, 7) is 8.28. The number of hydrogen-bond donors (Lipinski definition) is 2. The number of benzene rings is 1. The number of rotatable bonds is 3. The highest BCUT2D eigenvalue weighted by Gasteiger charge is 2.43. The Hall–Kier alpha value is -2.48. The molecule has 210 valence electrons. The van der Waals surface area contributed by atoms with Crippen molar-refractivity contribution in [2.45, 2.75) is 77.8 Å². The molecule has 4 amide bonds. The zero-order valence-electron chi connectivity index (χ0n) is 23.2. The Balaban J connectivity index is 1.48. The van der Waals surface area contributed by atoms with Crippen LogP contribution in [-0.2, 0) is 9.59 Å². The fourth-order valence-electron chi connectivity index (χ4n) is 6.45. The molecule has 3 saturated heterocycles. The molecule has 2 bridgehead atoms. The van der Waals surface area contributed by atoms with Crippen molar-refractivity contribution in [1.82, 2.24) is 15.1 Å². The maximum Gasteiger partial charge on any atom is 0.321 e. The lowest BCUT2D eigenvalue weighted by Gasteiger charge is -2.51. The molecule has 38 heavy (non-hydrogen) atoms. The van der Waals surface area contributed by atoms with Gasteiger partial charge in [-0.15, -0.1) is 0 Å². The smallest absolute Gasteiger partial charge is 0.321 e. The van der Waals surface area contributed by atoms with E-state index in [-0.39, 0.29) is 47.7 Å². The number of hydrogen-bond acceptors (Lipinski definition) is 4. The molecule has 4 rings (SSSR count). The number of amides is 4. The molecule has 9 heteroatoms. The number of carbonyl (C=O) groups excluding carboxylic acids is 3. The minimum absolute atomic E-state index is 0.0386. The number of nitrogens with zero attached hydrogens (tertiary/aromatic N) is 2. The Labute approximate surface area is 231 Å². The third-order valence-corrected chi connectivity index (χ3v) is 8.76. The number of anilines is 1. The molecule has 0 radical (unpaired) electrons. The van der Waals surface area contributed by atoms with Crippen molar-refractivity contribution in [3.63, 3.8) is 0 Å². The first-order valence-electron chi connectivity index (χ1n) is 14.1. The van der Waals surface area contributed by atoms with Gasteiger partial charge in [-0.3, -0.25) is 9.59 Å². The van der Waals surface area contributed by atoms with Gasteiger partial charge in [0.25, 0.3) is 0 Å². The van der Waals surface area contributed by atoms with E-state index < -0.39 is 0 Å². The quantitative estimate of drug-likeness (QED) is 0.548. The highest BCUT2D eigenvalue weighted by molar-refractivity contribution is 6.31. The van der Waals surface area contributed by atoms with Crippen molar-refractivity contribution in [3.05, 3.63) is 23.2 Å². The Kier molecular flexibility index (Phi) is 9.45. The molecule has 0 spiro atoms. The van der Waals surface area contributed by atoms with Crippen LogP contribution in [0.4, 0.5) is 10.5 Å². The lowest BCUT2D eigenvalue weighted by atomic mass is 9.77. The molecule has 2 N–H and O–H groups in total. The van der Waals surface area contributed by atoms with Crippen molar-refractivity contribution in [3.8, 4) is 5.75 Å². The number of nitrogens with one attached hydrogen (secondary N) is 2. The number of likely N-dealkylation sites (tertiary alicyclic amines) is 1. The van der Waals surface area contributed by atoms with Gasteiger partial charge in [-0.05, 0) is 74.0 Å². The van der Waals surface area contributed by atoms with Crippen LogP contribution in [0.5, 0.6) is 5.75 Å². The van der Waals surface area contributed by atoms with Gasteiger partial charge in [0.2, 0.25) is 11.8 Å². The van der Waals surface area contributed by atoms with Gasteiger partial charge >= 0.3 is 6.03 Å². The molecule has 3 aliphatic rings. The lowest BCUT2D eigenvalue weighted by Crippen LogP contribution is -2.60. The monoisotopic (exact) mass is 546 g/mol. The molecule has 0 aliphatic carbocycles. The second-order valence-electron chi connectivity index (χ2n) is 11.9. The Morgan fingerprint density at radius 1 is 1.16 bits per heavy atom. The number of urea groups is 1. The minimum Gasteiger partial charge on any atom is -0.495 e. The predicted molar refractivity (Wildman–Crippen MR) is 149 cm³/mol. The molecule has 3 fully saturated rings. The van der Waals surface area contributed by atoms with E-state index in [1.54, 1.807) is 25.3 Å². The number of piperidine rings is 2. The van der Waals surface area contributed by atoms with Gasteiger partial charge in [-0.2, -0.15) is 0 Å². The Morgan fingerprint density at radius 3 is 2.68 bits per heavy atom. The van der Waals surface area contributed by atoms with Crippen LogP contribution in [0.1, 0.15) is 65.7 Å². The fraction of sp³-hybridized carbons (Fsp3) is 0.690. The summed E-state index contributed by atoms with van der Waals surface area (Å²) in [7, 11) is 1.56. The van der Waals surface area contributed by atoms with E-state index in [4.69, 9.17) is 16.3 Å². The van der Waals surface area contributed by atoms with E-state index in [0.717, 1.165) is 32.1 Å². The summed E-state index contributed by atoms with van der Waals surface area (Å²) in [5, 5.41) is 6.74. The molecule has 1 aromatic carbocycles.